The maximum atomic E-state index is 13.0. The lowest BCUT2D eigenvalue weighted by atomic mass is 10.0. The highest BCUT2D eigenvalue weighted by molar-refractivity contribution is 9.10. The number of carbonyl (C=O) groups is 1. The monoisotopic (exact) mass is 451 g/mol. The van der Waals surface area contributed by atoms with Crippen LogP contribution in [0.1, 0.15) is 26.0 Å². The highest BCUT2D eigenvalue weighted by Crippen LogP contribution is 2.25. The lowest BCUT2D eigenvalue weighted by Crippen LogP contribution is -2.36. The van der Waals surface area contributed by atoms with Gasteiger partial charge in [-0.05, 0) is 82.7 Å². The third-order valence-electron chi connectivity index (χ3n) is 4.61. The van der Waals surface area contributed by atoms with E-state index in [1.54, 1.807) is 0 Å². The lowest BCUT2D eigenvalue weighted by molar-refractivity contribution is -0.117. The van der Waals surface area contributed by atoms with Gasteiger partial charge in [0, 0.05) is 27.7 Å². The zero-order valence-corrected chi connectivity index (χ0v) is 18.5. The molecule has 0 saturated heterocycles. The molecule has 1 atom stereocenters. The second-order valence-corrected chi connectivity index (χ2v) is 8.41. The van der Waals surface area contributed by atoms with Crippen molar-refractivity contribution in [2.24, 2.45) is 5.92 Å². The Balaban J connectivity index is 1.72. The van der Waals surface area contributed by atoms with Crippen LogP contribution in [0, 0.1) is 12.8 Å². The number of aryl methyl sites for hydroxylation is 1. The fraction of sp³-hybridized carbons (Fsp3) is 0.250. The third-order valence-corrected chi connectivity index (χ3v) is 5.30. The maximum Gasteiger partial charge on any atom is 0.246 e. The van der Waals surface area contributed by atoms with Crippen molar-refractivity contribution in [2.45, 2.75) is 33.2 Å². The topological polar surface area (TPSA) is 54.0 Å². The van der Waals surface area contributed by atoms with Crippen molar-refractivity contribution in [1.29, 1.82) is 0 Å². The fourth-order valence-corrected chi connectivity index (χ4v) is 3.57. The van der Waals surface area contributed by atoms with Crippen LogP contribution in [0.4, 0.5) is 11.4 Å². The van der Waals surface area contributed by atoms with Gasteiger partial charge in [0.15, 0.2) is 0 Å². The van der Waals surface area contributed by atoms with Crippen LogP contribution in [0.15, 0.2) is 71.3 Å². The van der Waals surface area contributed by atoms with E-state index in [-0.39, 0.29) is 11.9 Å². The van der Waals surface area contributed by atoms with Crippen LogP contribution in [-0.4, -0.2) is 16.9 Å². The standard InChI is InChI=1S/C24H26BrN3O/c1-16(2)14-23(28-22-7-5-4-6-21(22)25)24(29)27-20-10-8-18(9-11-20)19-12-13-26-17(3)15-19/h4-13,15-16,23,28H,14H2,1-3H3,(H,27,29). The minimum absolute atomic E-state index is 0.0399. The molecule has 0 aliphatic heterocycles. The molecule has 2 aromatic carbocycles. The average molecular weight is 452 g/mol. The molecular weight excluding hydrogens is 426 g/mol. The molecule has 1 unspecified atom stereocenters. The number of pyridine rings is 1. The minimum Gasteiger partial charge on any atom is -0.373 e. The van der Waals surface area contributed by atoms with E-state index >= 15 is 0 Å². The van der Waals surface area contributed by atoms with Crippen molar-refractivity contribution in [1.82, 2.24) is 4.98 Å². The summed E-state index contributed by atoms with van der Waals surface area (Å²) in [4.78, 5) is 17.2. The Kier molecular flexibility index (Phi) is 7.04. The van der Waals surface area contributed by atoms with Crippen LogP contribution in [-0.2, 0) is 4.79 Å². The Bertz CT molecular complexity index is 970. The molecule has 0 saturated carbocycles. The van der Waals surface area contributed by atoms with Gasteiger partial charge in [-0.25, -0.2) is 0 Å². The Morgan fingerprint density at radius 1 is 1.03 bits per heavy atom. The summed E-state index contributed by atoms with van der Waals surface area (Å²) in [5, 5.41) is 6.42. The summed E-state index contributed by atoms with van der Waals surface area (Å²) in [5.41, 5.74) is 4.89. The first-order valence-corrected chi connectivity index (χ1v) is 10.6. The summed E-state index contributed by atoms with van der Waals surface area (Å²) < 4.78 is 0.943. The first kappa shape index (κ1) is 21.1. The molecule has 0 fully saturated rings. The highest BCUT2D eigenvalue weighted by Gasteiger charge is 2.20. The molecule has 3 rings (SSSR count). The van der Waals surface area contributed by atoms with E-state index in [1.807, 2.05) is 73.8 Å². The number of hydrogen-bond donors (Lipinski definition) is 2. The largest absolute Gasteiger partial charge is 0.373 e. The van der Waals surface area contributed by atoms with Gasteiger partial charge in [-0.3, -0.25) is 9.78 Å². The summed E-state index contributed by atoms with van der Waals surface area (Å²) in [7, 11) is 0. The van der Waals surface area contributed by atoms with Gasteiger partial charge in [0.25, 0.3) is 0 Å². The van der Waals surface area contributed by atoms with Gasteiger partial charge in [-0.1, -0.05) is 38.1 Å². The number of amides is 1. The van der Waals surface area contributed by atoms with E-state index in [2.05, 4.69) is 45.4 Å². The molecule has 3 aromatic rings. The quantitative estimate of drug-likeness (QED) is 0.443. The van der Waals surface area contributed by atoms with Crippen LogP contribution in [0.25, 0.3) is 11.1 Å². The number of para-hydroxylation sites is 1. The van der Waals surface area contributed by atoms with Gasteiger partial charge in [-0.2, -0.15) is 0 Å². The van der Waals surface area contributed by atoms with Gasteiger partial charge >= 0.3 is 0 Å². The van der Waals surface area contributed by atoms with E-state index in [9.17, 15) is 4.79 Å². The number of nitrogens with zero attached hydrogens (tertiary/aromatic N) is 1. The number of rotatable bonds is 7. The Morgan fingerprint density at radius 3 is 2.41 bits per heavy atom. The number of halogens is 1. The molecule has 0 aliphatic carbocycles. The molecule has 0 radical (unpaired) electrons. The zero-order chi connectivity index (χ0) is 20.8. The van der Waals surface area contributed by atoms with E-state index in [1.165, 1.54) is 0 Å². The van der Waals surface area contributed by atoms with Crippen molar-refractivity contribution >= 4 is 33.2 Å². The zero-order valence-electron chi connectivity index (χ0n) is 16.9. The van der Waals surface area contributed by atoms with E-state index < -0.39 is 0 Å². The van der Waals surface area contributed by atoms with Crippen molar-refractivity contribution in [3.8, 4) is 11.1 Å². The highest BCUT2D eigenvalue weighted by atomic mass is 79.9. The lowest BCUT2D eigenvalue weighted by Gasteiger charge is -2.22. The van der Waals surface area contributed by atoms with Gasteiger partial charge in [0.05, 0.1) is 0 Å². The molecule has 0 bridgehead atoms. The summed E-state index contributed by atoms with van der Waals surface area (Å²) in [6.45, 7) is 6.21. The summed E-state index contributed by atoms with van der Waals surface area (Å²) >= 11 is 3.54. The van der Waals surface area contributed by atoms with Gasteiger partial charge in [-0.15, -0.1) is 0 Å². The number of aromatic nitrogens is 1. The van der Waals surface area contributed by atoms with E-state index in [4.69, 9.17) is 0 Å². The summed E-state index contributed by atoms with van der Waals surface area (Å²) in [6.07, 6.45) is 2.55. The predicted octanol–water partition coefficient (Wildman–Crippen LogP) is 6.28. The number of nitrogens with one attached hydrogen (secondary N) is 2. The molecule has 0 spiro atoms. The molecule has 1 heterocycles. The summed E-state index contributed by atoms with van der Waals surface area (Å²) in [6, 6.07) is 19.5. The molecule has 29 heavy (non-hydrogen) atoms. The third kappa shape index (κ3) is 5.91. The van der Waals surface area contributed by atoms with Crippen molar-refractivity contribution in [3.05, 3.63) is 77.0 Å². The Morgan fingerprint density at radius 2 is 1.76 bits per heavy atom. The number of anilines is 2. The van der Waals surface area contributed by atoms with Crippen molar-refractivity contribution in [3.63, 3.8) is 0 Å². The van der Waals surface area contributed by atoms with Crippen molar-refractivity contribution in [2.75, 3.05) is 10.6 Å². The van der Waals surface area contributed by atoms with Gasteiger partial charge in [0.1, 0.15) is 6.04 Å². The number of carbonyl (C=O) groups excluding carboxylic acids is 1. The summed E-state index contributed by atoms with van der Waals surface area (Å²) in [5.74, 6) is 0.347. The van der Waals surface area contributed by atoms with E-state index in [0.717, 1.165) is 39.1 Å². The van der Waals surface area contributed by atoms with E-state index in [0.29, 0.717) is 5.92 Å². The first-order chi connectivity index (χ1) is 13.9. The maximum absolute atomic E-state index is 13.0. The molecule has 1 aromatic heterocycles. The normalized spacial score (nSPS) is 11.9. The van der Waals surface area contributed by atoms with Crippen molar-refractivity contribution < 1.29 is 4.79 Å². The Hall–Kier alpha value is -2.66. The minimum atomic E-state index is -0.323. The number of hydrogen-bond acceptors (Lipinski definition) is 3. The second-order valence-electron chi connectivity index (χ2n) is 7.56. The number of benzene rings is 2. The van der Waals surface area contributed by atoms with Crippen LogP contribution in [0.3, 0.4) is 0 Å². The van der Waals surface area contributed by atoms with Gasteiger partial charge in [0.2, 0.25) is 5.91 Å². The first-order valence-electron chi connectivity index (χ1n) is 9.77. The molecule has 2 N–H and O–H groups in total. The SMILES string of the molecule is Cc1cc(-c2ccc(NC(=O)C(CC(C)C)Nc3ccccc3Br)cc2)ccn1. The molecular formula is C24H26BrN3O. The van der Waals surface area contributed by atoms with Crippen LogP contribution in [0.5, 0.6) is 0 Å². The average Bonchev–Trinajstić information content (AvgIpc) is 2.69. The molecule has 150 valence electrons. The molecule has 5 heteroatoms. The Labute approximate surface area is 180 Å². The predicted molar refractivity (Wildman–Crippen MR) is 124 cm³/mol. The molecule has 1 amide bonds. The van der Waals surface area contributed by atoms with Gasteiger partial charge < -0.3 is 10.6 Å². The van der Waals surface area contributed by atoms with Crippen LogP contribution in [0.2, 0.25) is 0 Å². The van der Waals surface area contributed by atoms with Crippen LogP contribution >= 0.6 is 15.9 Å². The van der Waals surface area contributed by atoms with Crippen LogP contribution < -0.4 is 10.6 Å². The molecule has 4 nitrogen and oxygen atoms in total. The smallest absolute Gasteiger partial charge is 0.246 e. The molecule has 0 aliphatic rings. The second kappa shape index (κ2) is 9.70. The fourth-order valence-electron chi connectivity index (χ4n) is 3.17.